The minimum Gasteiger partial charge on any atom is -0.370 e. The van der Waals surface area contributed by atoms with Crippen molar-refractivity contribution in [3.63, 3.8) is 0 Å². The van der Waals surface area contributed by atoms with Gasteiger partial charge in [-0.25, -0.2) is 9.97 Å². The van der Waals surface area contributed by atoms with Gasteiger partial charge in [0.05, 0.1) is 0 Å². The Morgan fingerprint density at radius 3 is 2.90 bits per heavy atom. The van der Waals surface area contributed by atoms with E-state index in [-0.39, 0.29) is 0 Å². The van der Waals surface area contributed by atoms with E-state index >= 15 is 0 Å². The molecule has 2 aliphatic heterocycles. The summed E-state index contributed by atoms with van der Waals surface area (Å²) in [6.45, 7) is 7.93. The maximum atomic E-state index is 4.45. The van der Waals surface area contributed by atoms with E-state index in [9.17, 15) is 0 Å². The molecule has 3 rings (SSSR count). The molecule has 3 heterocycles. The number of nitrogens with zero attached hydrogens (tertiary/aromatic N) is 4. The predicted octanol–water partition coefficient (Wildman–Crippen LogP) is 1.97. The number of rotatable bonds is 5. The molecule has 1 aromatic rings. The van der Waals surface area contributed by atoms with Gasteiger partial charge >= 0.3 is 0 Å². The van der Waals surface area contributed by atoms with Gasteiger partial charge < -0.3 is 10.2 Å². The average Bonchev–Trinajstić information content (AvgIpc) is 3.15. The molecule has 0 aliphatic carbocycles. The number of aromatic nitrogens is 2. The van der Waals surface area contributed by atoms with Gasteiger partial charge in [0, 0.05) is 31.7 Å². The van der Waals surface area contributed by atoms with Crippen LogP contribution in [0.4, 0.5) is 11.6 Å². The van der Waals surface area contributed by atoms with Crippen molar-refractivity contribution in [1.82, 2.24) is 14.9 Å². The minimum absolute atomic E-state index is 0.722. The third-order valence-electron chi connectivity index (χ3n) is 4.35. The summed E-state index contributed by atoms with van der Waals surface area (Å²) in [7, 11) is 0. The van der Waals surface area contributed by atoms with Gasteiger partial charge in [0.1, 0.15) is 18.0 Å². The molecule has 0 spiro atoms. The SMILES string of the molecule is CCCNc1cc(N2CCC(N3CCCC3)C2)ncn1. The van der Waals surface area contributed by atoms with E-state index in [0.29, 0.717) is 0 Å². The van der Waals surface area contributed by atoms with E-state index in [1.165, 1.54) is 32.4 Å². The highest BCUT2D eigenvalue weighted by molar-refractivity contribution is 5.49. The highest BCUT2D eigenvalue weighted by Gasteiger charge is 2.29. The van der Waals surface area contributed by atoms with Gasteiger partial charge in [-0.1, -0.05) is 6.92 Å². The van der Waals surface area contributed by atoms with Gasteiger partial charge in [0.2, 0.25) is 0 Å². The second kappa shape index (κ2) is 6.39. The van der Waals surface area contributed by atoms with Crippen LogP contribution >= 0.6 is 0 Å². The molecule has 110 valence electrons. The van der Waals surface area contributed by atoms with Crippen LogP contribution in [-0.4, -0.2) is 53.6 Å². The smallest absolute Gasteiger partial charge is 0.134 e. The first-order chi connectivity index (χ1) is 9.86. The number of likely N-dealkylation sites (tertiary alicyclic amines) is 1. The van der Waals surface area contributed by atoms with Crippen LogP contribution in [0.1, 0.15) is 32.6 Å². The summed E-state index contributed by atoms with van der Waals surface area (Å²) in [5.74, 6) is 2.02. The molecule has 0 aromatic carbocycles. The second-order valence-electron chi connectivity index (χ2n) is 5.82. The molecule has 0 radical (unpaired) electrons. The van der Waals surface area contributed by atoms with E-state index in [0.717, 1.165) is 43.7 Å². The fourth-order valence-electron chi connectivity index (χ4n) is 3.22. The van der Waals surface area contributed by atoms with Crippen molar-refractivity contribution < 1.29 is 0 Å². The molecule has 2 saturated heterocycles. The lowest BCUT2D eigenvalue weighted by Gasteiger charge is -2.24. The molecule has 1 aromatic heterocycles. The third-order valence-corrected chi connectivity index (χ3v) is 4.35. The molecule has 1 unspecified atom stereocenters. The van der Waals surface area contributed by atoms with Crippen LogP contribution in [0.15, 0.2) is 12.4 Å². The zero-order chi connectivity index (χ0) is 13.8. The van der Waals surface area contributed by atoms with Crippen molar-refractivity contribution in [3.05, 3.63) is 12.4 Å². The van der Waals surface area contributed by atoms with Crippen LogP contribution in [-0.2, 0) is 0 Å². The largest absolute Gasteiger partial charge is 0.370 e. The summed E-state index contributed by atoms with van der Waals surface area (Å²) in [6.07, 6.45) is 6.79. The normalized spacial score (nSPS) is 23.4. The fraction of sp³-hybridized carbons (Fsp3) is 0.733. The Balaban J connectivity index is 1.61. The van der Waals surface area contributed by atoms with Crippen molar-refractivity contribution >= 4 is 11.6 Å². The first-order valence-corrected chi connectivity index (χ1v) is 7.91. The molecule has 20 heavy (non-hydrogen) atoms. The van der Waals surface area contributed by atoms with Crippen molar-refractivity contribution in [1.29, 1.82) is 0 Å². The van der Waals surface area contributed by atoms with E-state index in [4.69, 9.17) is 0 Å². The standard InChI is InChI=1S/C15H25N5/c1-2-6-16-14-10-15(18-12-17-14)20-9-5-13(11-20)19-7-3-4-8-19/h10,12-13H,2-9,11H2,1H3,(H,16,17,18). The third kappa shape index (κ3) is 3.03. The zero-order valence-corrected chi connectivity index (χ0v) is 12.4. The second-order valence-corrected chi connectivity index (χ2v) is 5.82. The van der Waals surface area contributed by atoms with E-state index in [1.54, 1.807) is 6.33 Å². The molecular formula is C15H25N5. The lowest BCUT2D eigenvalue weighted by atomic mass is 10.2. The monoisotopic (exact) mass is 275 g/mol. The van der Waals surface area contributed by atoms with Crippen LogP contribution in [0.2, 0.25) is 0 Å². The summed E-state index contributed by atoms with van der Waals surface area (Å²) in [4.78, 5) is 13.8. The fourth-order valence-corrected chi connectivity index (χ4v) is 3.22. The van der Waals surface area contributed by atoms with E-state index < -0.39 is 0 Å². The quantitative estimate of drug-likeness (QED) is 0.890. The molecule has 0 bridgehead atoms. The molecule has 2 aliphatic rings. The van der Waals surface area contributed by atoms with Crippen molar-refractivity contribution in [2.45, 2.75) is 38.6 Å². The molecule has 0 saturated carbocycles. The predicted molar refractivity (Wildman–Crippen MR) is 82.2 cm³/mol. The molecule has 1 N–H and O–H groups in total. The Bertz CT molecular complexity index is 430. The average molecular weight is 275 g/mol. The summed E-state index contributed by atoms with van der Waals surface area (Å²) < 4.78 is 0. The number of hydrogen-bond acceptors (Lipinski definition) is 5. The first kappa shape index (κ1) is 13.6. The number of nitrogens with one attached hydrogen (secondary N) is 1. The summed E-state index contributed by atoms with van der Waals surface area (Å²) in [5.41, 5.74) is 0. The van der Waals surface area contributed by atoms with E-state index in [2.05, 4.69) is 38.1 Å². The lowest BCUT2D eigenvalue weighted by molar-refractivity contribution is 0.260. The molecule has 1 atom stereocenters. The lowest BCUT2D eigenvalue weighted by Crippen LogP contribution is -2.35. The van der Waals surface area contributed by atoms with Crippen LogP contribution in [0, 0.1) is 0 Å². The van der Waals surface area contributed by atoms with Crippen molar-refractivity contribution in [3.8, 4) is 0 Å². The van der Waals surface area contributed by atoms with Gasteiger partial charge in [-0.2, -0.15) is 0 Å². The highest BCUT2D eigenvalue weighted by atomic mass is 15.3. The van der Waals surface area contributed by atoms with E-state index in [1.807, 2.05) is 0 Å². The highest BCUT2D eigenvalue weighted by Crippen LogP contribution is 2.24. The Labute approximate surface area is 121 Å². The Kier molecular flexibility index (Phi) is 4.35. The van der Waals surface area contributed by atoms with Crippen LogP contribution in [0.5, 0.6) is 0 Å². The van der Waals surface area contributed by atoms with Gasteiger partial charge in [-0.15, -0.1) is 0 Å². The molecular weight excluding hydrogens is 250 g/mol. The van der Waals surface area contributed by atoms with Gasteiger partial charge in [0.15, 0.2) is 0 Å². The maximum absolute atomic E-state index is 4.45. The van der Waals surface area contributed by atoms with Crippen LogP contribution in [0.25, 0.3) is 0 Å². The zero-order valence-electron chi connectivity index (χ0n) is 12.4. The Hall–Kier alpha value is -1.36. The molecule has 0 amide bonds. The van der Waals surface area contributed by atoms with Crippen LogP contribution < -0.4 is 10.2 Å². The first-order valence-electron chi connectivity index (χ1n) is 7.91. The summed E-state index contributed by atoms with van der Waals surface area (Å²) in [5, 5.41) is 3.34. The van der Waals surface area contributed by atoms with Crippen molar-refractivity contribution in [2.75, 3.05) is 42.9 Å². The number of hydrogen-bond donors (Lipinski definition) is 1. The topological polar surface area (TPSA) is 44.3 Å². The van der Waals surface area contributed by atoms with Crippen molar-refractivity contribution in [2.24, 2.45) is 0 Å². The molecule has 5 heteroatoms. The summed E-state index contributed by atoms with van der Waals surface area (Å²) in [6, 6.07) is 2.81. The maximum Gasteiger partial charge on any atom is 0.134 e. The van der Waals surface area contributed by atoms with Crippen LogP contribution in [0.3, 0.4) is 0 Å². The van der Waals surface area contributed by atoms with Gasteiger partial charge in [0.25, 0.3) is 0 Å². The molecule has 2 fully saturated rings. The Morgan fingerprint density at radius 2 is 2.10 bits per heavy atom. The van der Waals surface area contributed by atoms with Gasteiger partial charge in [-0.05, 0) is 38.8 Å². The molecule has 5 nitrogen and oxygen atoms in total. The Morgan fingerprint density at radius 1 is 1.25 bits per heavy atom. The van der Waals surface area contributed by atoms with Gasteiger partial charge in [-0.3, -0.25) is 4.90 Å². The minimum atomic E-state index is 0.722. The summed E-state index contributed by atoms with van der Waals surface area (Å²) >= 11 is 0. The number of anilines is 2.